The first-order valence-corrected chi connectivity index (χ1v) is 6.65. The van der Waals surface area contributed by atoms with Gasteiger partial charge in [0.2, 0.25) is 0 Å². The summed E-state index contributed by atoms with van der Waals surface area (Å²) in [7, 11) is 0. The maximum atomic E-state index is 12.2. The molecular formula is C14H22N2O3. The summed E-state index contributed by atoms with van der Waals surface area (Å²) in [6.45, 7) is 8.48. The van der Waals surface area contributed by atoms with Crippen molar-refractivity contribution in [3.63, 3.8) is 0 Å². The highest BCUT2D eigenvalue weighted by Crippen LogP contribution is 2.16. The molecule has 1 N–H and O–H groups in total. The molecule has 1 aliphatic heterocycles. The van der Waals surface area contributed by atoms with E-state index in [9.17, 15) is 9.90 Å². The molecule has 0 aliphatic carbocycles. The van der Waals surface area contributed by atoms with E-state index in [0.29, 0.717) is 25.2 Å². The summed E-state index contributed by atoms with van der Waals surface area (Å²) in [5, 5.41) is 9.88. The van der Waals surface area contributed by atoms with E-state index in [-0.39, 0.29) is 11.9 Å². The van der Waals surface area contributed by atoms with Gasteiger partial charge in [-0.05, 0) is 26.8 Å². The molecule has 0 radical (unpaired) electrons. The van der Waals surface area contributed by atoms with Crippen LogP contribution >= 0.6 is 0 Å². The zero-order valence-corrected chi connectivity index (χ0v) is 11.8. The van der Waals surface area contributed by atoms with Crippen LogP contribution in [0.5, 0.6) is 0 Å². The number of nitrogens with zero attached hydrogens (tertiary/aromatic N) is 2. The molecule has 0 bridgehead atoms. The highest BCUT2D eigenvalue weighted by Gasteiger charge is 2.30. The van der Waals surface area contributed by atoms with E-state index >= 15 is 0 Å². The average molecular weight is 266 g/mol. The highest BCUT2D eigenvalue weighted by atomic mass is 16.3. The lowest BCUT2D eigenvalue weighted by molar-refractivity contribution is -0.00144. The SMILES string of the molecule is CC1CN(C(=O)c2ccoc2)CCN1CC(C)(C)O. The van der Waals surface area contributed by atoms with E-state index in [1.807, 2.05) is 18.7 Å². The molecule has 1 aromatic heterocycles. The largest absolute Gasteiger partial charge is 0.472 e. The van der Waals surface area contributed by atoms with Crippen molar-refractivity contribution in [3.8, 4) is 0 Å². The summed E-state index contributed by atoms with van der Waals surface area (Å²) in [5.41, 5.74) is -0.103. The van der Waals surface area contributed by atoms with Crippen molar-refractivity contribution in [2.45, 2.75) is 32.4 Å². The fourth-order valence-electron chi connectivity index (χ4n) is 2.48. The van der Waals surface area contributed by atoms with E-state index in [2.05, 4.69) is 11.8 Å². The Balaban J connectivity index is 1.95. The summed E-state index contributed by atoms with van der Waals surface area (Å²) in [4.78, 5) is 16.3. The Morgan fingerprint density at radius 2 is 2.26 bits per heavy atom. The van der Waals surface area contributed by atoms with Crippen molar-refractivity contribution in [2.75, 3.05) is 26.2 Å². The molecule has 0 spiro atoms. The Morgan fingerprint density at radius 1 is 1.53 bits per heavy atom. The lowest BCUT2D eigenvalue weighted by atomic mass is 10.1. The fraction of sp³-hybridized carbons (Fsp3) is 0.643. The molecule has 1 amide bonds. The van der Waals surface area contributed by atoms with E-state index in [4.69, 9.17) is 4.42 Å². The molecule has 2 rings (SSSR count). The second-order valence-corrected chi connectivity index (χ2v) is 5.90. The van der Waals surface area contributed by atoms with Gasteiger partial charge in [0.25, 0.3) is 5.91 Å². The highest BCUT2D eigenvalue weighted by molar-refractivity contribution is 5.93. The minimum Gasteiger partial charge on any atom is -0.472 e. The zero-order valence-electron chi connectivity index (χ0n) is 11.8. The number of carbonyl (C=O) groups excluding carboxylic acids is 1. The van der Waals surface area contributed by atoms with Crippen LogP contribution in [0.4, 0.5) is 0 Å². The first-order chi connectivity index (χ1) is 8.87. The van der Waals surface area contributed by atoms with Gasteiger partial charge in [-0.25, -0.2) is 0 Å². The number of amides is 1. The van der Waals surface area contributed by atoms with Crippen molar-refractivity contribution in [3.05, 3.63) is 24.2 Å². The molecule has 1 unspecified atom stereocenters. The Morgan fingerprint density at radius 3 is 2.79 bits per heavy atom. The van der Waals surface area contributed by atoms with Gasteiger partial charge in [-0.1, -0.05) is 0 Å². The second-order valence-electron chi connectivity index (χ2n) is 5.90. The predicted octanol–water partition coefficient (Wildman–Crippen LogP) is 1.20. The molecule has 2 heterocycles. The van der Waals surface area contributed by atoms with Gasteiger partial charge in [0.05, 0.1) is 17.4 Å². The molecule has 1 fully saturated rings. The molecule has 5 heteroatoms. The van der Waals surface area contributed by atoms with Gasteiger partial charge in [0.1, 0.15) is 6.26 Å². The molecule has 0 aromatic carbocycles. The quantitative estimate of drug-likeness (QED) is 0.893. The standard InChI is InChI=1S/C14H22N2O3/c1-11-8-15(13(17)12-4-7-19-9-12)5-6-16(11)10-14(2,3)18/h4,7,9,11,18H,5-6,8,10H2,1-3H3. The van der Waals surface area contributed by atoms with E-state index in [1.54, 1.807) is 6.07 Å². The van der Waals surface area contributed by atoms with Crippen LogP contribution in [0.25, 0.3) is 0 Å². The normalized spacial score (nSPS) is 21.7. The molecular weight excluding hydrogens is 244 g/mol. The van der Waals surface area contributed by atoms with Gasteiger partial charge < -0.3 is 14.4 Å². The third-order valence-electron chi connectivity index (χ3n) is 3.41. The summed E-state index contributed by atoms with van der Waals surface area (Å²) in [6.07, 6.45) is 3.00. The monoisotopic (exact) mass is 266 g/mol. The fourth-order valence-corrected chi connectivity index (χ4v) is 2.48. The minimum absolute atomic E-state index is 0.0171. The maximum absolute atomic E-state index is 12.2. The third-order valence-corrected chi connectivity index (χ3v) is 3.41. The lowest BCUT2D eigenvalue weighted by Gasteiger charge is -2.41. The number of aliphatic hydroxyl groups is 1. The van der Waals surface area contributed by atoms with Gasteiger partial charge in [-0.3, -0.25) is 9.69 Å². The number of rotatable bonds is 3. The molecule has 5 nitrogen and oxygen atoms in total. The van der Waals surface area contributed by atoms with Crippen LogP contribution in [0.1, 0.15) is 31.1 Å². The number of piperazine rings is 1. The van der Waals surface area contributed by atoms with Crippen LogP contribution in [0.2, 0.25) is 0 Å². The van der Waals surface area contributed by atoms with Crippen molar-refractivity contribution in [1.82, 2.24) is 9.80 Å². The van der Waals surface area contributed by atoms with Crippen molar-refractivity contribution in [2.24, 2.45) is 0 Å². The number of furan rings is 1. The number of β-amino-alcohol motifs (C(OH)–C–C–N with tert-alkyl or cyclic N) is 1. The number of hydrogen-bond acceptors (Lipinski definition) is 4. The predicted molar refractivity (Wildman–Crippen MR) is 71.9 cm³/mol. The second kappa shape index (κ2) is 5.35. The van der Waals surface area contributed by atoms with Crippen molar-refractivity contribution >= 4 is 5.91 Å². The molecule has 1 atom stereocenters. The zero-order chi connectivity index (χ0) is 14.0. The van der Waals surface area contributed by atoms with Crippen LogP contribution in [0.15, 0.2) is 23.0 Å². The number of hydrogen-bond donors (Lipinski definition) is 1. The average Bonchev–Trinajstić information content (AvgIpc) is 2.82. The topological polar surface area (TPSA) is 56.9 Å². The van der Waals surface area contributed by atoms with Crippen molar-refractivity contribution < 1.29 is 14.3 Å². The molecule has 0 saturated carbocycles. The Hall–Kier alpha value is -1.33. The van der Waals surface area contributed by atoms with Gasteiger partial charge in [-0.15, -0.1) is 0 Å². The molecule has 1 aromatic rings. The van der Waals surface area contributed by atoms with Crippen molar-refractivity contribution in [1.29, 1.82) is 0 Å². The summed E-state index contributed by atoms with van der Waals surface area (Å²) in [6, 6.07) is 1.94. The van der Waals surface area contributed by atoms with Crippen LogP contribution < -0.4 is 0 Å². The van der Waals surface area contributed by atoms with E-state index in [0.717, 1.165) is 6.54 Å². The van der Waals surface area contributed by atoms with E-state index < -0.39 is 5.60 Å². The van der Waals surface area contributed by atoms with Crippen LogP contribution in [0, 0.1) is 0 Å². The number of carbonyl (C=O) groups is 1. The van der Waals surface area contributed by atoms with E-state index in [1.165, 1.54) is 12.5 Å². The van der Waals surface area contributed by atoms with Crippen LogP contribution in [-0.4, -0.2) is 58.6 Å². The Bertz CT molecular complexity index is 422. The Kier molecular flexibility index (Phi) is 3.96. The van der Waals surface area contributed by atoms with Crippen LogP contribution in [0.3, 0.4) is 0 Å². The molecule has 106 valence electrons. The maximum Gasteiger partial charge on any atom is 0.257 e. The van der Waals surface area contributed by atoms with Gasteiger partial charge in [0, 0.05) is 32.2 Å². The lowest BCUT2D eigenvalue weighted by Crippen LogP contribution is -2.56. The molecule has 1 saturated heterocycles. The first kappa shape index (κ1) is 14.1. The van der Waals surface area contributed by atoms with Crippen LogP contribution in [-0.2, 0) is 0 Å². The van der Waals surface area contributed by atoms with Gasteiger partial charge >= 0.3 is 0 Å². The van der Waals surface area contributed by atoms with Gasteiger partial charge in [-0.2, -0.15) is 0 Å². The summed E-state index contributed by atoms with van der Waals surface area (Å²) < 4.78 is 4.95. The first-order valence-electron chi connectivity index (χ1n) is 6.65. The Labute approximate surface area is 113 Å². The summed E-state index contributed by atoms with van der Waals surface area (Å²) in [5.74, 6) is 0.0171. The molecule has 1 aliphatic rings. The smallest absolute Gasteiger partial charge is 0.257 e. The summed E-state index contributed by atoms with van der Waals surface area (Å²) >= 11 is 0. The minimum atomic E-state index is -0.703. The van der Waals surface area contributed by atoms with Gasteiger partial charge in [0.15, 0.2) is 0 Å². The third kappa shape index (κ3) is 3.58. The molecule has 19 heavy (non-hydrogen) atoms.